The first kappa shape index (κ1) is 25.1. The lowest BCUT2D eigenvalue weighted by Gasteiger charge is -2.39. The van der Waals surface area contributed by atoms with E-state index in [2.05, 4.69) is 19.9 Å². The molecule has 0 spiro atoms. The van der Waals surface area contributed by atoms with Gasteiger partial charge in [-0.2, -0.15) is 0 Å². The summed E-state index contributed by atoms with van der Waals surface area (Å²) in [6.07, 6.45) is 13.3. The van der Waals surface area contributed by atoms with Gasteiger partial charge in [-0.3, -0.25) is 4.79 Å². The largest absolute Gasteiger partial charge is 0.493 e. The van der Waals surface area contributed by atoms with Crippen LogP contribution in [0.15, 0.2) is 49.3 Å². The van der Waals surface area contributed by atoms with Crippen LogP contribution >= 0.6 is 11.6 Å². The lowest BCUT2D eigenvalue weighted by atomic mass is 9.90. The van der Waals surface area contributed by atoms with E-state index < -0.39 is 0 Å². The highest BCUT2D eigenvalue weighted by atomic mass is 35.5. The van der Waals surface area contributed by atoms with Crippen molar-refractivity contribution in [2.24, 2.45) is 17.8 Å². The zero-order chi connectivity index (χ0) is 26.1. The summed E-state index contributed by atoms with van der Waals surface area (Å²) in [5, 5.41) is 0.558. The molecule has 38 heavy (non-hydrogen) atoms. The highest BCUT2D eigenvalue weighted by Crippen LogP contribution is 2.49. The third-order valence-corrected chi connectivity index (χ3v) is 8.49. The molecule has 1 amide bonds. The Balaban J connectivity index is 0.900. The number of carbonyl (C=O) groups is 1. The van der Waals surface area contributed by atoms with Crippen LogP contribution in [0, 0.1) is 23.6 Å². The van der Waals surface area contributed by atoms with Crippen molar-refractivity contribution in [3.8, 4) is 5.75 Å². The number of carbonyl (C=O) groups excluding carboxylic acids is 1. The maximum absolute atomic E-state index is 14.7. The van der Waals surface area contributed by atoms with E-state index in [0.29, 0.717) is 41.9 Å². The third-order valence-electron chi connectivity index (χ3n) is 8.30. The van der Waals surface area contributed by atoms with Crippen LogP contribution in [0.25, 0.3) is 0 Å². The van der Waals surface area contributed by atoms with Gasteiger partial charge in [-0.05, 0) is 55.1 Å². The third kappa shape index (κ3) is 5.62. The Hall–Kier alpha value is -3.20. The van der Waals surface area contributed by atoms with Gasteiger partial charge in [-0.1, -0.05) is 17.7 Å². The second-order valence-electron chi connectivity index (χ2n) is 10.7. The molecule has 4 heterocycles. The predicted octanol–water partition coefficient (Wildman–Crippen LogP) is 4.41. The van der Waals surface area contributed by atoms with Crippen molar-refractivity contribution in [3.63, 3.8) is 0 Å². The van der Waals surface area contributed by atoms with Gasteiger partial charge in [0.1, 0.15) is 11.6 Å². The molecule has 1 saturated carbocycles. The number of hydrogen-bond donors (Lipinski definition) is 0. The number of piperidine rings is 1. The fourth-order valence-electron chi connectivity index (χ4n) is 5.87. The normalized spacial score (nSPS) is 21.8. The molecule has 0 bridgehead atoms. The van der Waals surface area contributed by atoms with Crippen LogP contribution in [0.2, 0.25) is 5.02 Å². The summed E-state index contributed by atoms with van der Waals surface area (Å²) < 4.78 is 22.6. The molecule has 3 fully saturated rings. The summed E-state index contributed by atoms with van der Waals surface area (Å²) in [5.41, 5.74) is 0.408. The van der Waals surface area contributed by atoms with Crippen molar-refractivity contribution in [1.82, 2.24) is 24.4 Å². The fraction of sp³-hybridized carbons (Fsp3) is 0.500. The van der Waals surface area contributed by atoms with Gasteiger partial charge in [0.2, 0.25) is 11.9 Å². The Morgan fingerprint density at radius 1 is 1.16 bits per heavy atom. The van der Waals surface area contributed by atoms with Gasteiger partial charge in [-0.15, -0.1) is 0 Å². The van der Waals surface area contributed by atoms with E-state index in [1.807, 2.05) is 10.8 Å². The second-order valence-corrected chi connectivity index (χ2v) is 11.2. The topological polar surface area (TPSA) is 76.4 Å². The van der Waals surface area contributed by atoms with Crippen molar-refractivity contribution in [1.29, 1.82) is 0 Å². The molecular weight excluding hydrogens is 507 g/mol. The Bertz CT molecular complexity index is 1240. The van der Waals surface area contributed by atoms with Gasteiger partial charge < -0.3 is 19.1 Å². The van der Waals surface area contributed by atoms with Crippen LogP contribution in [0.5, 0.6) is 5.75 Å². The smallest absolute Gasteiger partial charge is 0.227 e. The quantitative estimate of drug-likeness (QED) is 0.401. The minimum absolute atomic E-state index is 0.0553. The minimum Gasteiger partial charge on any atom is -0.493 e. The first-order valence-corrected chi connectivity index (χ1v) is 13.8. The predicted molar refractivity (Wildman–Crippen MR) is 142 cm³/mol. The molecule has 1 unspecified atom stereocenters. The highest BCUT2D eigenvalue weighted by molar-refractivity contribution is 6.30. The molecule has 8 nitrogen and oxygen atoms in total. The average molecular weight is 539 g/mol. The van der Waals surface area contributed by atoms with Crippen molar-refractivity contribution in [2.45, 2.75) is 38.1 Å². The van der Waals surface area contributed by atoms with Crippen molar-refractivity contribution in [3.05, 3.63) is 65.7 Å². The van der Waals surface area contributed by atoms with Gasteiger partial charge in [0.15, 0.2) is 0 Å². The molecule has 2 atom stereocenters. The second kappa shape index (κ2) is 10.9. The molecule has 0 N–H and O–H groups in total. The van der Waals surface area contributed by atoms with Crippen molar-refractivity contribution >= 4 is 23.5 Å². The maximum atomic E-state index is 14.7. The molecular formula is C28H32ClFN6O2. The van der Waals surface area contributed by atoms with E-state index in [-0.39, 0.29) is 24.2 Å². The number of halogens is 2. The van der Waals surface area contributed by atoms with Crippen molar-refractivity contribution in [2.75, 3.05) is 37.7 Å². The number of ether oxygens (including phenoxy) is 1. The number of anilines is 1. The number of aromatic nitrogens is 4. The first-order valence-electron chi connectivity index (χ1n) is 13.4. The molecule has 3 aliphatic rings. The number of rotatable bonds is 9. The van der Waals surface area contributed by atoms with Crippen LogP contribution in [0.1, 0.15) is 37.3 Å². The zero-order valence-electron chi connectivity index (χ0n) is 21.3. The zero-order valence-corrected chi connectivity index (χ0v) is 22.0. The Kier molecular flexibility index (Phi) is 7.19. The summed E-state index contributed by atoms with van der Waals surface area (Å²) in [5.74, 6) is 3.02. The van der Waals surface area contributed by atoms with Crippen molar-refractivity contribution < 1.29 is 13.9 Å². The summed E-state index contributed by atoms with van der Waals surface area (Å²) >= 11 is 5.90. The Morgan fingerprint density at radius 3 is 2.66 bits per heavy atom. The van der Waals surface area contributed by atoms with Crippen LogP contribution in [0.3, 0.4) is 0 Å². The fourth-order valence-corrected chi connectivity index (χ4v) is 5.97. The van der Waals surface area contributed by atoms with Crippen LogP contribution in [-0.4, -0.2) is 63.1 Å². The molecule has 3 aromatic rings. The number of benzene rings is 1. The van der Waals surface area contributed by atoms with E-state index in [9.17, 15) is 9.18 Å². The molecule has 1 aliphatic carbocycles. The molecule has 200 valence electrons. The lowest BCUT2D eigenvalue weighted by molar-refractivity contribution is -0.136. The number of imidazole rings is 1. The molecule has 2 saturated heterocycles. The van der Waals surface area contributed by atoms with Gasteiger partial charge >= 0.3 is 0 Å². The number of likely N-dealkylation sites (tertiary alicyclic amines) is 1. The van der Waals surface area contributed by atoms with Gasteiger partial charge in [-0.25, -0.2) is 19.3 Å². The van der Waals surface area contributed by atoms with E-state index in [0.717, 1.165) is 50.1 Å². The molecule has 1 aromatic carbocycles. The molecule has 2 aromatic heterocycles. The van der Waals surface area contributed by atoms with Crippen LogP contribution < -0.4 is 9.64 Å². The number of hydrogen-bond acceptors (Lipinski definition) is 6. The summed E-state index contributed by atoms with van der Waals surface area (Å²) in [6, 6.07) is 5.11. The summed E-state index contributed by atoms with van der Waals surface area (Å²) in [6.45, 7) is 3.80. The van der Waals surface area contributed by atoms with E-state index in [1.54, 1.807) is 42.0 Å². The average Bonchev–Trinajstić information content (AvgIpc) is 3.46. The maximum Gasteiger partial charge on any atom is 0.227 e. The van der Waals surface area contributed by atoms with Crippen LogP contribution in [0.4, 0.5) is 10.3 Å². The molecule has 0 radical (unpaired) electrons. The van der Waals surface area contributed by atoms with E-state index >= 15 is 0 Å². The Labute approximate surface area is 226 Å². The lowest BCUT2D eigenvalue weighted by Crippen LogP contribution is -2.51. The van der Waals surface area contributed by atoms with Gasteiger partial charge in [0.25, 0.3) is 0 Å². The number of amides is 1. The molecule has 10 heteroatoms. The highest BCUT2D eigenvalue weighted by Gasteiger charge is 2.43. The standard InChI is InChI=1S/C28H32ClFN6O2/c29-22-14-32-28(33-15-22)34-7-3-19(4-8-34)25-11-20(25)5-10-38-24-2-1-21(26(30)13-24)12-27(37)36-16-23(17-36)35-9-6-31-18-35/h1-2,6,9,13-15,18-20,23,25H,3-5,7-8,10-12,16-17H2/t20-,25?/m1/s1. The number of nitrogens with zero attached hydrogens (tertiary/aromatic N) is 6. The van der Waals surface area contributed by atoms with E-state index in [1.165, 1.54) is 12.5 Å². The minimum atomic E-state index is -0.386. The van der Waals surface area contributed by atoms with Gasteiger partial charge in [0.05, 0.1) is 42.8 Å². The molecule has 2 aliphatic heterocycles. The summed E-state index contributed by atoms with van der Waals surface area (Å²) in [4.78, 5) is 29.3. The van der Waals surface area contributed by atoms with E-state index in [4.69, 9.17) is 16.3 Å². The van der Waals surface area contributed by atoms with Crippen LogP contribution in [-0.2, 0) is 11.2 Å². The first-order chi connectivity index (χ1) is 18.5. The summed E-state index contributed by atoms with van der Waals surface area (Å²) in [7, 11) is 0. The molecule has 6 rings (SSSR count). The monoisotopic (exact) mass is 538 g/mol. The Morgan fingerprint density at radius 2 is 1.95 bits per heavy atom. The SMILES string of the molecule is O=C(Cc1ccc(OCC[C@@H]2CC2C2CCN(c3ncc(Cl)cn3)CC2)cc1F)N1CC(n2ccnc2)C1. The van der Waals surface area contributed by atoms with Gasteiger partial charge in [0, 0.05) is 44.6 Å².